The molecule has 3 fully saturated rings. The van der Waals surface area contributed by atoms with Crippen LogP contribution in [0.1, 0.15) is 39.7 Å². The Labute approximate surface area is 387 Å². The fourth-order valence-corrected chi connectivity index (χ4v) is 8.63. The second kappa shape index (κ2) is 23.6. The molecule has 3 saturated heterocycles. The minimum atomic E-state index is -1.06. The zero-order valence-corrected chi connectivity index (χ0v) is 37.1. The molecule has 66 heavy (non-hydrogen) atoms. The quantitative estimate of drug-likeness (QED) is 0.0734. The van der Waals surface area contributed by atoms with Gasteiger partial charge in [-0.05, 0) is 27.8 Å². The predicted octanol–water partition coefficient (Wildman–Crippen LogP) is 9.14. The molecule has 11 heteroatoms. The van der Waals surface area contributed by atoms with E-state index in [1.54, 1.807) is 7.11 Å². The second-order valence-electron chi connectivity index (χ2n) is 16.6. The molecule has 9 rings (SSSR count). The summed E-state index contributed by atoms with van der Waals surface area (Å²) in [4.78, 5) is 0. The van der Waals surface area contributed by atoms with E-state index in [9.17, 15) is 0 Å². The highest BCUT2D eigenvalue weighted by Gasteiger charge is 2.56. The van der Waals surface area contributed by atoms with E-state index in [1.165, 1.54) is 0 Å². The van der Waals surface area contributed by atoms with Crippen LogP contribution in [0, 0.1) is 0 Å². The van der Waals surface area contributed by atoms with Crippen LogP contribution >= 0.6 is 0 Å². The number of benzene rings is 6. The summed E-state index contributed by atoms with van der Waals surface area (Å²) in [6.45, 7) is 1.88. The Morgan fingerprint density at radius 2 is 0.864 bits per heavy atom. The van der Waals surface area contributed by atoms with Gasteiger partial charge in [0.25, 0.3) is 0 Å². The van der Waals surface area contributed by atoms with Crippen LogP contribution in [0.25, 0.3) is 0 Å². The molecule has 3 aliphatic heterocycles. The van der Waals surface area contributed by atoms with Crippen LogP contribution in [0.2, 0.25) is 0 Å². The van der Waals surface area contributed by atoms with Gasteiger partial charge < -0.3 is 52.1 Å². The molecule has 344 valence electrons. The fraction of sp³-hybridized carbons (Fsp3) is 0.345. The lowest BCUT2D eigenvalue weighted by Gasteiger charge is -2.51. The molecule has 0 saturated carbocycles. The van der Waals surface area contributed by atoms with Gasteiger partial charge in [-0.25, -0.2) is 0 Å². The molecule has 0 aromatic heterocycles. The van der Waals surface area contributed by atoms with Gasteiger partial charge in [0.1, 0.15) is 48.8 Å². The van der Waals surface area contributed by atoms with Crippen molar-refractivity contribution in [3.05, 3.63) is 215 Å². The number of hydrogen-bond acceptors (Lipinski definition) is 11. The van der Waals surface area contributed by atoms with Crippen molar-refractivity contribution in [1.82, 2.24) is 0 Å². The van der Waals surface area contributed by atoms with Crippen LogP contribution in [0.3, 0.4) is 0 Å². The zero-order chi connectivity index (χ0) is 44.8. The summed E-state index contributed by atoms with van der Waals surface area (Å²) in [6.07, 6.45) is -8.26. The van der Waals surface area contributed by atoms with Gasteiger partial charge in [-0.3, -0.25) is 0 Å². The maximum Gasteiger partial charge on any atom is 0.187 e. The summed E-state index contributed by atoms with van der Waals surface area (Å²) in [5, 5.41) is 0. The normalized spacial score (nSPS) is 27.5. The van der Waals surface area contributed by atoms with Crippen molar-refractivity contribution in [1.29, 1.82) is 0 Å². The van der Waals surface area contributed by atoms with E-state index in [2.05, 4.69) is 0 Å². The van der Waals surface area contributed by atoms with Crippen LogP contribution in [0.5, 0.6) is 0 Å². The number of hydrogen-bond donors (Lipinski definition) is 0. The van der Waals surface area contributed by atoms with E-state index < -0.39 is 67.7 Å². The minimum absolute atomic E-state index is 0.164. The van der Waals surface area contributed by atoms with Crippen LogP contribution < -0.4 is 0 Å². The Morgan fingerprint density at radius 3 is 1.36 bits per heavy atom. The summed E-state index contributed by atoms with van der Waals surface area (Å²) >= 11 is 0. The van der Waals surface area contributed by atoms with Gasteiger partial charge >= 0.3 is 0 Å². The Kier molecular flexibility index (Phi) is 16.4. The van der Waals surface area contributed by atoms with Gasteiger partial charge in [-0.2, -0.15) is 0 Å². The van der Waals surface area contributed by atoms with Crippen molar-refractivity contribution in [2.75, 3.05) is 20.3 Å². The van der Waals surface area contributed by atoms with Crippen LogP contribution in [-0.4, -0.2) is 81.7 Å². The Bertz CT molecular complexity index is 2280. The van der Waals surface area contributed by atoms with Gasteiger partial charge in [-0.1, -0.05) is 182 Å². The summed E-state index contributed by atoms with van der Waals surface area (Å²) in [7, 11) is 1.59. The first-order valence-electron chi connectivity index (χ1n) is 22.7. The van der Waals surface area contributed by atoms with Gasteiger partial charge in [0.05, 0.1) is 46.2 Å². The molecule has 0 radical (unpaired) electrons. The molecule has 6 aromatic carbocycles. The molecule has 0 aliphatic carbocycles. The second-order valence-corrected chi connectivity index (χ2v) is 16.6. The highest BCUT2D eigenvalue weighted by molar-refractivity contribution is 5.19. The van der Waals surface area contributed by atoms with Gasteiger partial charge in [0.2, 0.25) is 0 Å². The molecule has 11 atom stereocenters. The third-order valence-corrected chi connectivity index (χ3v) is 12.0. The zero-order valence-electron chi connectivity index (χ0n) is 37.1. The van der Waals surface area contributed by atoms with Crippen molar-refractivity contribution in [2.45, 2.75) is 101 Å². The SMILES string of the molecule is CO[C@H]1O[C@@H]2COC(c3ccccc3)O[C@H]2[C@H](OCc2ccccc2)[C@H]1O[C@@H]1O[C@H](COCc2ccccc2)[C@@H](OCc2ccccc2)[C@H](OCc2ccccc2)[C@H]1OCc1ccccc1. The highest BCUT2D eigenvalue weighted by Crippen LogP contribution is 2.40. The maximum absolute atomic E-state index is 7.28. The topological polar surface area (TPSA) is 102 Å². The van der Waals surface area contributed by atoms with Crippen molar-refractivity contribution in [3.63, 3.8) is 0 Å². The number of methoxy groups -OCH3 is 1. The van der Waals surface area contributed by atoms with Crippen molar-refractivity contribution in [3.8, 4) is 0 Å². The third-order valence-electron chi connectivity index (χ3n) is 12.0. The van der Waals surface area contributed by atoms with Gasteiger partial charge in [0, 0.05) is 12.7 Å². The van der Waals surface area contributed by atoms with Gasteiger partial charge in [0.15, 0.2) is 18.9 Å². The molecular formula is C55H58O11. The van der Waals surface area contributed by atoms with Gasteiger partial charge in [-0.15, -0.1) is 0 Å². The Balaban J connectivity index is 1.08. The van der Waals surface area contributed by atoms with Crippen molar-refractivity contribution < 1.29 is 52.1 Å². The minimum Gasteiger partial charge on any atom is -0.374 e. The van der Waals surface area contributed by atoms with E-state index in [0.29, 0.717) is 13.2 Å². The molecule has 11 nitrogen and oxygen atoms in total. The van der Waals surface area contributed by atoms with Crippen molar-refractivity contribution in [2.24, 2.45) is 0 Å². The molecule has 3 heterocycles. The van der Waals surface area contributed by atoms with E-state index >= 15 is 0 Å². The van der Waals surface area contributed by atoms with E-state index in [4.69, 9.17) is 52.1 Å². The molecule has 0 spiro atoms. The van der Waals surface area contributed by atoms with E-state index in [0.717, 1.165) is 33.4 Å². The smallest absolute Gasteiger partial charge is 0.187 e. The molecule has 0 amide bonds. The monoisotopic (exact) mass is 894 g/mol. The summed E-state index contributed by atoms with van der Waals surface area (Å²) in [6, 6.07) is 60.1. The van der Waals surface area contributed by atoms with Crippen molar-refractivity contribution >= 4 is 0 Å². The number of fused-ring (bicyclic) bond motifs is 1. The summed E-state index contributed by atoms with van der Waals surface area (Å²) in [5.74, 6) is 0. The lowest BCUT2D eigenvalue weighted by atomic mass is 9.95. The number of rotatable bonds is 20. The molecule has 0 bridgehead atoms. The first-order chi connectivity index (χ1) is 32.7. The average molecular weight is 895 g/mol. The highest BCUT2D eigenvalue weighted by atomic mass is 16.8. The standard InChI is InChI=1S/C55H58O11/c1-56-54-52(50(60-35-42-26-14-5-15-27-42)48-46(63-54)38-62-53(65-48)44-30-18-7-19-31-44)66-55-51(61-36-43-28-16-6-17-29-43)49(59-34-41-24-12-4-13-25-41)47(58-33-40-22-10-3-11-23-40)45(64-55)37-57-32-39-20-8-2-9-21-39/h2-31,45-55H,32-38H2,1H3/t45-,46-,47-,48-,49+,50+,51-,52-,53?,54+,55+/m1/s1. The molecular weight excluding hydrogens is 837 g/mol. The lowest BCUT2D eigenvalue weighted by molar-refractivity contribution is -0.400. The molecule has 6 aromatic rings. The van der Waals surface area contributed by atoms with Crippen LogP contribution in [0.4, 0.5) is 0 Å². The largest absolute Gasteiger partial charge is 0.374 e. The molecule has 3 aliphatic rings. The first-order valence-corrected chi connectivity index (χ1v) is 22.7. The fourth-order valence-electron chi connectivity index (χ4n) is 8.63. The number of ether oxygens (including phenoxy) is 11. The Morgan fingerprint density at radius 1 is 0.424 bits per heavy atom. The summed E-state index contributed by atoms with van der Waals surface area (Å²) < 4.78 is 74.5. The van der Waals surface area contributed by atoms with Crippen LogP contribution in [-0.2, 0) is 85.1 Å². The molecule has 1 unspecified atom stereocenters. The van der Waals surface area contributed by atoms with Crippen LogP contribution in [0.15, 0.2) is 182 Å². The lowest BCUT2D eigenvalue weighted by Crippen LogP contribution is -2.67. The maximum atomic E-state index is 7.28. The average Bonchev–Trinajstić information content (AvgIpc) is 3.38. The first kappa shape index (κ1) is 46.0. The van der Waals surface area contributed by atoms with E-state index in [1.807, 2.05) is 182 Å². The predicted molar refractivity (Wildman–Crippen MR) is 245 cm³/mol. The summed E-state index contributed by atoms with van der Waals surface area (Å²) in [5.41, 5.74) is 5.87. The van der Waals surface area contributed by atoms with E-state index in [-0.39, 0.29) is 33.0 Å². The third kappa shape index (κ3) is 12.1. The molecule has 0 N–H and O–H groups in total. The Hall–Kier alpha value is -5.12.